The van der Waals surface area contributed by atoms with Crippen molar-refractivity contribution in [2.24, 2.45) is 0 Å². The van der Waals surface area contributed by atoms with E-state index in [2.05, 4.69) is 15.0 Å². The Morgan fingerprint density at radius 3 is 2.81 bits per heavy atom. The number of furan rings is 1. The van der Waals surface area contributed by atoms with E-state index < -0.39 is 0 Å². The number of para-hydroxylation sites is 2. The van der Waals surface area contributed by atoms with Crippen LogP contribution in [0.25, 0.3) is 33.7 Å². The van der Waals surface area contributed by atoms with Crippen LogP contribution in [0.1, 0.15) is 0 Å². The highest BCUT2D eigenvalue weighted by atomic mass is 16.3. The van der Waals surface area contributed by atoms with Gasteiger partial charge in [0, 0.05) is 11.8 Å². The van der Waals surface area contributed by atoms with Crippen LogP contribution in [0, 0.1) is 0 Å². The molecule has 0 aliphatic heterocycles. The number of nitrogens with one attached hydrogen (secondary N) is 1. The maximum Gasteiger partial charge on any atom is 0.142 e. The fraction of sp³-hybridized carbons (Fsp3) is 0. The minimum absolute atomic E-state index is 0.435. The molecule has 0 spiro atoms. The molecule has 0 aliphatic rings. The van der Waals surface area contributed by atoms with Crippen LogP contribution in [0.3, 0.4) is 0 Å². The zero-order chi connectivity index (χ0) is 14.2. The Morgan fingerprint density at radius 1 is 1.10 bits per heavy atom. The van der Waals surface area contributed by atoms with Crippen LogP contribution < -0.4 is 5.73 Å². The average Bonchev–Trinajstić information content (AvgIpc) is 3.17. The van der Waals surface area contributed by atoms with Gasteiger partial charge in [-0.15, -0.1) is 0 Å². The summed E-state index contributed by atoms with van der Waals surface area (Å²) >= 11 is 0. The summed E-state index contributed by atoms with van der Waals surface area (Å²) in [5.41, 5.74) is 9.49. The van der Waals surface area contributed by atoms with E-state index in [9.17, 15) is 0 Å². The third-order valence-corrected chi connectivity index (χ3v) is 3.37. The Morgan fingerprint density at radius 2 is 2.00 bits per heavy atom. The average molecular weight is 276 g/mol. The predicted molar refractivity (Wildman–Crippen MR) is 81.4 cm³/mol. The first-order valence-electron chi connectivity index (χ1n) is 6.56. The lowest BCUT2D eigenvalue weighted by Gasteiger charge is -2.04. The van der Waals surface area contributed by atoms with Crippen LogP contribution in [0.5, 0.6) is 0 Å². The van der Waals surface area contributed by atoms with Crippen molar-refractivity contribution in [3.05, 3.63) is 54.9 Å². The summed E-state index contributed by atoms with van der Waals surface area (Å²) in [5.74, 6) is 1.89. The van der Waals surface area contributed by atoms with Gasteiger partial charge in [-0.05, 0) is 30.3 Å². The number of benzene rings is 1. The number of hydrogen-bond donors (Lipinski definition) is 2. The van der Waals surface area contributed by atoms with Crippen LogP contribution >= 0.6 is 0 Å². The van der Waals surface area contributed by atoms with E-state index in [1.165, 1.54) is 0 Å². The second-order valence-electron chi connectivity index (χ2n) is 4.74. The Labute approximate surface area is 120 Å². The molecule has 0 atom stereocenters. The molecule has 0 bridgehead atoms. The van der Waals surface area contributed by atoms with Crippen LogP contribution in [0.15, 0.2) is 59.3 Å². The zero-order valence-corrected chi connectivity index (χ0v) is 11.1. The summed E-state index contributed by atoms with van der Waals surface area (Å²) in [6, 6.07) is 13.5. The Hall–Kier alpha value is -3.08. The molecular formula is C16H12N4O. The van der Waals surface area contributed by atoms with Gasteiger partial charge in [-0.1, -0.05) is 12.1 Å². The maximum absolute atomic E-state index is 5.99. The molecule has 4 rings (SSSR count). The molecule has 3 aromatic heterocycles. The van der Waals surface area contributed by atoms with Crippen molar-refractivity contribution < 1.29 is 4.42 Å². The molecule has 0 saturated heterocycles. The van der Waals surface area contributed by atoms with E-state index in [-0.39, 0.29) is 0 Å². The summed E-state index contributed by atoms with van der Waals surface area (Å²) in [6.45, 7) is 0. The molecule has 3 N–H and O–H groups in total. The molecule has 0 fully saturated rings. The first kappa shape index (κ1) is 11.7. The lowest BCUT2D eigenvalue weighted by atomic mass is 10.1. The molecule has 21 heavy (non-hydrogen) atoms. The number of anilines is 1. The van der Waals surface area contributed by atoms with Crippen molar-refractivity contribution in [1.82, 2.24) is 15.0 Å². The molecule has 0 saturated carbocycles. The Kier molecular flexibility index (Phi) is 2.50. The number of hydrogen-bond acceptors (Lipinski definition) is 4. The summed E-state index contributed by atoms with van der Waals surface area (Å²) in [4.78, 5) is 12.1. The topological polar surface area (TPSA) is 80.7 Å². The molecular weight excluding hydrogens is 264 g/mol. The van der Waals surface area contributed by atoms with Gasteiger partial charge < -0.3 is 15.1 Å². The van der Waals surface area contributed by atoms with Crippen molar-refractivity contribution in [3.63, 3.8) is 0 Å². The van der Waals surface area contributed by atoms with Crippen LogP contribution in [0.4, 0.5) is 5.82 Å². The molecule has 5 heteroatoms. The largest absolute Gasteiger partial charge is 0.464 e. The van der Waals surface area contributed by atoms with Gasteiger partial charge >= 0.3 is 0 Å². The van der Waals surface area contributed by atoms with Gasteiger partial charge in [0.25, 0.3) is 0 Å². The number of rotatable bonds is 2. The summed E-state index contributed by atoms with van der Waals surface area (Å²) in [6.07, 6.45) is 3.33. The van der Waals surface area contributed by atoms with Gasteiger partial charge in [0.1, 0.15) is 17.4 Å². The van der Waals surface area contributed by atoms with Crippen molar-refractivity contribution >= 4 is 16.9 Å². The molecule has 5 nitrogen and oxygen atoms in total. The summed E-state index contributed by atoms with van der Waals surface area (Å²) in [7, 11) is 0. The van der Waals surface area contributed by atoms with Crippen LogP contribution in [-0.4, -0.2) is 15.0 Å². The van der Waals surface area contributed by atoms with Gasteiger partial charge in [0.15, 0.2) is 0 Å². The van der Waals surface area contributed by atoms with E-state index in [1.54, 1.807) is 12.5 Å². The molecule has 0 radical (unpaired) electrons. The number of aromatic nitrogens is 3. The zero-order valence-electron chi connectivity index (χ0n) is 11.1. The maximum atomic E-state index is 5.99. The minimum Gasteiger partial charge on any atom is -0.464 e. The number of nitrogens with zero attached hydrogens (tertiary/aromatic N) is 2. The number of pyridine rings is 1. The standard InChI is InChI=1S/C16H12N4O/c17-15-11(8-10(9-18-15)14-6-3-7-21-14)16-19-12-4-1-2-5-13(12)20-16/h1-9H,(H2,17,18)(H,19,20). The van der Waals surface area contributed by atoms with E-state index in [0.29, 0.717) is 11.6 Å². The van der Waals surface area contributed by atoms with Crippen molar-refractivity contribution in [3.8, 4) is 22.7 Å². The number of H-pyrrole nitrogens is 1. The smallest absolute Gasteiger partial charge is 0.142 e. The second-order valence-corrected chi connectivity index (χ2v) is 4.74. The van der Waals surface area contributed by atoms with Gasteiger partial charge in [-0.2, -0.15) is 0 Å². The van der Waals surface area contributed by atoms with Crippen molar-refractivity contribution in [2.45, 2.75) is 0 Å². The normalized spacial score (nSPS) is 11.0. The third kappa shape index (κ3) is 1.95. The lowest BCUT2D eigenvalue weighted by Crippen LogP contribution is -1.95. The molecule has 4 aromatic rings. The number of nitrogens with two attached hydrogens (primary N) is 1. The molecule has 1 aromatic carbocycles. The molecule has 102 valence electrons. The first-order chi connectivity index (χ1) is 10.3. The molecule has 0 unspecified atom stereocenters. The van der Waals surface area contributed by atoms with Gasteiger partial charge in [0.2, 0.25) is 0 Å². The monoisotopic (exact) mass is 276 g/mol. The number of imidazole rings is 1. The molecule has 0 amide bonds. The predicted octanol–water partition coefficient (Wildman–Crippen LogP) is 3.47. The van der Waals surface area contributed by atoms with Crippen molar-refractivity contribution in [1.29, 1.82) is 0 Å². The number of nitrogen functional groups attached to an aromatic ring is 1. The van der Waals surface area contributed by atoms with Crippen LogP contribution in [-0.2, 0) is 0 Å². The molecule has 3 heterocycles. The lowest BCUT2D eigenvalue weighted by molar-refractivity contribution is 0.582. The Bertz CT molecular complexity index is 876. The number of fused-ring (bicyclic) bond motifs is 1. The van der Waals surface area contributed by atoms with Crippen LogP contribution in [0.2, 0.25) is 0 Å². The minimum atomic E-state index is 0.435. The van der Waals surface area contributed by atoms with E-state index >= 15 is 0 Å². The first-order valence-corrected chi connectivity index (χ1v) is 6.56. The fourth-order valence-corrected chi connectivity index (χ4v) is 2.32. The fourth-order valence-electron chi connectivity index (χ4n) is 2.32. The highest BCUT2D eigenvalue weighted by molar-refractivity contribution is 5.82. The third-order valence-electron chi connectivity index (χ3n) is 3.37. The van der Waals surface area contributed by atoms with Gasteiger partial charge in [-0.25, -0.2) is 9.97 Å². The van der Waals surface area contributed by atoms with Crippen molar-refractivity contribution in [2.75, 3.05) is 5.73 Å². The van der Waals surface area contributed by atoms with E-state index in [4.69, 9.17) is 10.2 Å². The van der Waals surface area contributed by atoms with Gasteiger partial charge in [0.05, 0.1) is 22.9 Å². The SMILES string of the molecule is Nc1ncc(-c2ccco2)cc1-c1nc2ccccc2[nH]1. The van der Waals surface area contributed by atoms with E-state index in [1.807, 2.05) is 42.5 Å². The summed E-state index contributed by atoms with van der Waals surface area (Å²) < 4.78 is 5.40. The highest BCUT2D eigenvalue weighted by Gasteiger charge is 2.12. The second kappa shape index (κ2) is 4.49. The van der Waals surface area contributed by atoms with E-state index in [0.717, 1.165) is 27.9 Å². The van der Waals surface area contributed by atoms with Gasteiger partial charge in [-0.3, -0.25) is 0 Å². The number of aromatic amines is 1. The Balaban J connectivity index is 1.89. The summed E-state index contributed by atoms with van der Waals surface area (Å²) in [5, 5.41) is 0. The highest BCUT2D eigenvalue weighted by Crippen LogP contribution is 2.29. The quantitative estimate of drug-likeness (QED) is 0.587. The molecule has 0 aliphatic carbocycles.